The minimum absolute atomic E-state index is 0.0188. The lowest BCUT2D eigenvalue weighted by atomic mass is 10.0. The van der Waals surface area contributed by atoms with E-state index < -0.39 is 47.9 Å². The van der Waals surface area contributed by atoms with Gasteiger partial charge in [0.2, 0.25) is 17.7 Å². The summed E-state index contributed by atoms with van der Waals surface area (Å²) >= 11 is 0. The summed E-state index contributed by atoms with van der Waals surface area (Å²) in [5.74, 6) is -2.88. The largest absolute Gasteiger partial charge is 0.508 e. The summed E-state index contributed by atoms with van der Waals surface area (Å²) < 4.78 is 0. The van der Waals surface area contributed by atoms with E-state index in [9.17, 15) is 29.4 Å². The number of carboxylic acids is 1. The highest BCUT2D eigenvalue weighted by molar-refractivity contribution is 5.94. The first kappa shape index (κ1) is 28.3. The second-order valence-corrected chi connectivity index (χ2v) is 9.08. The maximum atomic E-state index is 13.1. The number of benzene rings is 1. The summed E-state index contributed by atoms with van der Waals surface area (Å²) in [4.78, 5) is 56.5. The molecule has 0 aliphatic heterocycles. The summed E-state index contributed by atoms with van der Waals surface area (Å²) in [6.07, 6.45) is 3.33. The summed E-state index contributed by atoms with van der Waals surface area (Å²) in [6.45, 7) is 5.25. The number of nitrogens with zero attached hydrogens (tertiary/aromatic N) is 1. The molecule has 12 nitrogen and oxygen atoms in total. The Balaban J connectivity index is 2.08. The number of carboxylic acid groups (broad SMARTS) is 1. The molecule has 0 bridgehead atoms. The molecular formula is C24H34N6O6. The van der Waals surface area contributed by atoms with E-state index in [0.29, 0.717) is 17.7 Å². The Kier molecular flexibility index (Phi) is 10.4. The molecule has 196 valence electrons. The Hall–Kier alpha value is -3.93. The van der Waals surface area contributed by atoms with Crippen LogP contribution in [0.1, 0.15) is 38.4 Å². The predicted molar refractivity (Wildman–Crippen MR) is 131 cm³/mol. The SMILES string of the molecule is CC(C)CC(N)C(=O)NC(Cc1ccc(O)cc1)C(=O)NC(C)C(=O)NC(Cc1cnc[nH]1)C(=O)O. The number of phenolic OH excluding ortho intramolecular Hbond substituents is 1. The third-order valence-corrected chi connectivity index (χ3v) is 5.42. The number of aromatic hydroxyl groups is 1. The van der Waals surface area contributed by atoms with E-state index in [2.05, 4.69) is 25.9 Å². The van der Waals surface area contributed by atoms with Crippen LogP contribution in [0.5, 0.6) is 5.75 Å². The van der Waals surface area contributed by atoms with E-state index in [1.54, 1.807) is 12.1 Å². The molecule has 1 aromatic carbocycles. The molecule has 12 heteroatoms. The number of rotatable bonds is 13. The fraction of sp³-hybridized carbons (Fsp3) is 0.458. The van der Waals surface area contributed by atoms with Gasteiger partial charge in [-0.1, -0.05) is 26.0 Å². The highest BCUT2D eigenvalue weighted by atomic mass is 16.4. The van der Waals surface area contributed by atoms with Crippen LogP contribution in [0, 0.1) is 5.92 Å². The molecule has 1 aromatic heterocycles. The monoisotopic (exact) mass is 502 g/mol. The molecule has 4 unspecified atom stereocenters. The smallest absolute Gasteiger partial charge is 0.326 e. The molecule has 4 atom stereocenters. The van der Waals surface area contributed by atoms with Crippen LogP contribution in [0.2, 0.25) is 0 Å². The van der Waals surface area contributed by atoms with Crippen molar-refractivity contribution in [3.05, 3.63) is 48.0 Å². The van der Waals surface area contributed by atoms with Gasteiger partial charge in [-0.2, -0.15) is 0 Å². The van der Waals surface area contributed by atoms with Crippen LogP contribution >= 0.6 is 0 Å². The molecular weight excluding hydrogens is 468 g/mol. The number of aromatic nitrogens is 2. The van der Waals surface area contributed by atoms with Gasteiger partial charge in [0.05, 0.1) is 12.4 Å². The van der Waals surface area contributed by atoms with Gasteiger partial charge in [-0.05, 0) is 37.0 Å². The highest BCUT2D eigenvalue weighted by Crippen LogP contribution is 2.12. The van der Waals surface area contributed by atoms with Gasteiger partial charge in [0.25, 0.3) is 0 Å². The molecule has 1 heterocycles. The zero-order chi connectivity index (χ0) is 26.8. The van der Waals surface area contributed by atoms with Crippen LogP contribution in [-0.2, 0) is 32.0 Å². The van der Waals surface area contributed by atoms with Crippen molar-refractivity contribution >= 4 is 23.7 Å². The number of nitrogens with one attached hydrogen (secondary N) is 4. The Morgan fingerprint density at radius 1 is 0.944 bits per heavy atom. The quantitative estimate of drug-likeness (QED) is 0.196. The molecule has 0 aliphatic rings. The Morgan fingerprint density at radius 3 is 2.14 bits per heavy atom. The van der Waals surface area contributed by atoms with Crippen molar-refractivity contribution in [2.45, 2.75) is 64.2 Å². The van der Waals surface area contributed by atoms with E-state index in [1.165, 1.54) is 31.6 Å². The van der Waals surface area contributed by atoms with Gasteiger partial charge in [-0.15, -0.1) is 0 Å². The van der Waals surface area contributed by atoms with Crippen molar-refractivity contribution in [3.63, 3.8) is 0 Å². The van der Waals surface area contributed by atoms with Crippen molar-refractivity contribution in [3.8, 4) is 5.75 Å². The van der Waals surface area contributed by atoms with Crippen LogP contribution in [0.15, 0.2) is 36.8 Å². The number of aromatic amines is 1. The second-order valence-electron chi connectivity index (χ2n) is 9.08. The number of hydrogen-bond donors (Lipinski definition) is 7. The normalized spacial score (nSPS) is 14.4. The number of H-pyrrole nitrogens is 1. The van der Waals surface area contributed by atoms with Crippen molar-refractivity contribution < 1.29 is 29.4 Å². The number of carbonyl (C=O) groups excluding carboxylic acids is 3. The number of carbonyl (C=O) groups is 4. The average molecular weight is 503 g/mol. The first-order chi connectivity index (χ1) is 17.0. The molecule has 0 aliphatic carbocycles. The number of hydrogen-bond acceptors (Lipinski definition) is 7. The van der Waals surface area contributed by atoms with Gasteiger partial charge in [0.15, 0.2) is 0 Å². The van der Waals surface area contributed by atoms with E-state index >= 15 is 0 Å². The molecule has 0 saturated heterocycles. The van der Waals surface area contributed by atoms with E-state index in [1.807, 2.05) is 13.8 Å². The van der Waals surface area contributed by atoms with E-state index in [-0.39, 0.29) is 24.5 Å². The second kappa shape index (κ2) is 13.2. The Bertz CT molecular complexity index is 1020. The van der Waals surface area contributed by atoms with Crippen LogP contribution in [-0.4, -0.2) is 68.0 Å². The van der Waals surface area contributed by atoms with E-state index in [0.717, 1.165) is 0 Å². The average Bonchev–Trinajstić information content (AvgIpc) is 3.32. The summed E-state index contributed by atoms with van der Waals surface area (Å²) in [6, 6.07) is 1.92. The predicted octanol–water partition coefficient (Wildman–Crippen LogP) is -0.167. The zero-order valence-corrected chi connectivity index (χ0v) is 20.5. The number of aliphatic carboxylic acids is 1. The number of amides is 3. The van der Waals surface area contributed by atoms with Crippen molar-refractivity contribution in [1.29, 1.82) is 0 Å². The molecule has 2 aromatic rings. The third kappa shape index (κ3) is 9.02. The number of imidazole rings is 1. The molecule has 0 radical (unpaired) electrons. The highest BCUT2D eigenvalue weighted by Gasteiger charge is 2.29. The molecule has 0 fully saturated rings. The van der Waals surface area contributed by atoms with Gasteiger partial charge in [0.1, 0.15) is 23.9 Å². The van der Waals surface area contributed by atoms with Gasteiger partial charge in [-0.25, -0.2) is 9.78 Å². The lowest BCUT2D eigenvalue weighted by molar-refractivity contribution is -0.142. The van der Waals surface area contributed by atoms with Crippen LogP contribution in [0.3, 0.4) is 0 Å². The number of phenols is 1. The summed E-state index contributed by atoms with van der Waals surface area (Å²) in [7, 11) is 0. The minimum atomic E-state index is -1.24. The standard InChI is InChI=1S/C24H34N6O6/c1-13(2)8-18(25)22(33)29-19(9-15-4-6-17(31)7-5-15)23(34)28-14(3)21(32)30-20(24(35)36)10-16-11-26-12-27-16/h4-7,11-14,18-20,31H,8-10,25H2,1-3H3,(H,26,27)(H,28,34)(H,29,33)(H,30,32)(H,35,36). The van der Waals surface area contributed by atoms with Gasteiger partial charge >= 0.3 is 5.97 Å². The minimum Gasteiger partial charge on any atom is -0.508 e. The number of nitrogens with two attached hydrogens (primary N) is 1. The maximum Gasteiger partial charge on any atom is 0.326 e. The van der Waals surface area contributed by atoms with Gasteiger partial charge < -0.3 is 36.9 Å². The van der Waals surface area contributed by atoms with Crippen LogP contribution < -0.4 is 21.7 Å². The molecule has 36 heavy (non-hydrogen) atoms. The lowest BCUT2D eigenvalue weighted by Gasteiger charge is -2.24. The molecule has 0 saturated carbocycles. The first-order valence-corrected chi connectivity index (χ1v) is 11.6. The fourth-order valence-corrected chi connectivity index (χ4v) is 3.46. The molecule has 8 N–H and O–H groups in total. The molecule has 0 spiro atoms. The fourth-order valence-electron chi connectivity index (χ4n) is 3.46. The molecule has 2 rings (SSSR count). The zero-order valence-electron chi connectivity index (χ0n) is 20.5. The first-order valence-electron chi connectivity index (χ1n) is 11.6. The van der Waals surface area contributed by atoms with Crippen molar-refractivity contribution in [1.82, 2.24) is 25.9 Å². The summed E-state index contributed by atoms with van der Waals surface area (Å²) in [5, 5.41) is 26.5. The maximum absolute atomic E-state index is 13.1. The van der Waals surface area contributed by atoms with Gasteiger partial charge in [0, 0.05) is 24.7 Å². The topological polar surface area (TPSA) is 200 Å². The van der Waals surface area contributed by atoms with Crippen molar-refractivity contribution in [2.24, 2.45) is 11.7 Å². The molecule has 3 amide bonds. The van der Waals surface area contributed by atoms with Crippen molar-refractivity contribution in [2.75, 3.05) is 0 Å². The lowest BCUT2D eigenvalue weighted by Crippen LogP contribution is -2.57. The Labute approximate surface area is 209 Å². The van der Waals surface area contributed by atoms with E-state index in [4.69, 9.17) is 5.73 Å². The van der Waals surface area contributed by atoms with Crippen LogP contribution in [0.25, 0.3) is 0 Å². The van der Waals surface area contributed by atoms with Gasteiger partial charge in [-0.3, -0.25) is 14.4 Å². The van der Waals surface area contributed by atoms with Crippen LogP contribution in [0.4, 0.5) is 0 Å². The Morgan fingerprint density at radius 2 is 1.58 bits per heavy atom. The third-order valence-electron chi connectivity index (χ3n) is 5.42. The summed E-state index contributed by atoms with van der Waals surface area (Å²) in [5.41, 5.74) is 7.15.